The Bertz CT molecular complexity index is 605. The molecule has 0 aliphatic rings. The summed E-state index contributed by atoms with van der Waals surface area (Å²) in [4.78, 5) is 11.7. The lowest BCUT2D eigenvalue weighted by Crippen LogP contribution is -2.16. The number of rotatable bonds is 5. The highest BCUT2D eigenvalue weighted by atomic mass is 16.5. The number of carbonyl (C=O) groups is 1. The lowest BCUT2D eigenvalue weighted by atomic mass is 10.1. The van der Waals surface area contributed by atoms with Crippen LogP contribution in [-0.2, 0) is 4.79 Å². The van der Waals surface area contributed by atoms with Gasteiger partial charge in [-0.3, -0.25) is 4.79 Å². The zero-order chi connectivity index (χ0) is 14.5. The second kappa shape index (κ2) is 6.23. The predicted molar refractivity (Wildman–Crippen MR) is 78.9 cm³/mol. The lowest BCUT2D eigenvalue weighted by Gasteiger charge is -2.10. The highest BCUT2D eigenvalue weighted by Gasteiger charge is 2.06. The average molecular weight is 273 g/mol. The third-order valence-electron chi connectivity index (χ3n) is 3.17. The van der Waals surface area contributed by atoms with E-state index >= 15 is 0 Å². The second-order valence-corrected chi connectivity index (χ2v) is 4.80. The van der Waals surface area contributed by atoms with Crippen LogP contribution in [0.3, 0.4) is 0 Å². The molecular weight excluding hydrogens is 254 g/mol. The Labute approximate surface area is 118 Å². The van der Waals surface area contributed by atoms with Crippen LogP contribution in [0.2, 0.25) is 0 Å². The molecule has 0 bridgehead atoms. The van der Waals surface area contributed by atoms with Crippen LogP contribution < -0.4 is 10.6 Å². The molecule has 0 saturated heterocycles. The molecule has 0 spiro atoms. The topological polar surface area (TPSA) is 67.2 Å². The van der Waals surface area contributed by atoms with Gasteiger partial charge in [-0.1, -0.05) is 17.3 Å². The summed E-state index contributed by atoms with van der Waals surface area (Å²) in [5.41, 5.74) is 3.51. The van der Waals surface area contributed by atoms with Crippen molar-refractivity contribution in [3.05, 3.63) is 41.2 Å². The molecule has 0 unspecified atom stereocenters. The van der Waals surface area contributed by atoms with Crippen molar-refractivity contribution < 1.29 is 9.32 Å². The van der Waals surface area contributed by atoms with E-state index in [-0.39, 0.29) is 5.91 Å². The number of amides is 1. The van der Waals surface area contributed by atoms with Crippen LogP contribution in [0.1, 0.15) is 23.3 Å². The molecule has 0 saturated carbocycles. The van der Waals surface area contributed by atoms with Crippen molar-refractivity contribution in [2.75, 3.05) is 17.2 Å². The number of hydrogen-bond donors (Lipinski definition) is 2. The zero-order valence-corrected chi connectivity index (χ0v) is 12.0. The molecule has 1 aromatic carbocycles. The number of benzene rings is 1. The van der Waals surface area contributed by atoms with Crippen molar-refractivity contribution >= 4 is 17.4 Å². The number of aromatic nitrogens is 1. The number of hydrogen-bond acceptors (Lipinski definition) is 4. The highest BCUT2D eigenvalue weighted by molar-refractivity contribution is 5.90. The molecule has 0 atom stereocenters. The zero-order valence-electron chi connectivity index (χ0n) is 12.0. The van der Waals surface area contributed by atoms with Crippen molar-refractivity contribution in [2.45, 2.75) is 27.2 Å². The molecule has 1 amide bonds. The van der Waals surface area contributed by atoms with Gasteiger partial charge in [-0.15, -0.1) is 0 Å². The SMILES string of the molecule is Cc1cc(NC(=O)CCNc2cccc(C)c2C)no1. The summed E-state index contributed by atoms with van der Waals surface area (Å²) in [5, 5.41) is 9.68. The maximum atomic E-state index is 11.7. The molecule has 0 radical (unpaired) electrons. The van der Waals surface area contributed by atoms with Gasteiger partial charge in [0, 0.05) is 24.7 Å². The van der Waals surface area contributed by atoms with Gasteiger partial charge in [-0.2, -0.15) is 0 Å². The first-order valence-electron chi connectivity index (χ1n) is 6.59. The molecule has 2 aromatic rings. The molecule has 0 aliphatic heterocycles. The minimum atomic E-state index is -0.0869. The van der Waals surface area contributed by atoms with E-state index in [9.17, 15) is 4.79 Å². The quantitative estimate of drug-likeness (QED) is 0.878. The largest absolute Gasteiger partial charge is 0.384 e. The number of carbonyl (C=O) groups excluding carboxylic acids is 1. The van der Waals surface area contributed by atoms with Gasteiger partial charge < -0.3 is 15.2 Å². The smallest absolute Gasteiger partial charge is 0.227 e. The van der Waals surface area contributed by atoms with E-state index in [1.165, 1.54) is 11.1 Å². The molecule has 2 N–H and O–H groups in total. The summed E-state index contributed by atoms with van der Waals surface area (Å²) in [5.74, 6) is 1.05. The Balaban J connectivity index is 1.81. The average Bonchev–Trinajstić information content (AvgIpc) is 2.80. The second-order valence-electron chi connectivity index (χ2n) is 4.80. The fourth-order valence-electron chi connectivity index (χ4n) is 1.88. The fraction of sp³-hybridized carbons (Fsp3) is 0.333. The third kappa shape index (κ3) is 3.60. The molecule has 5 nitrogen and oxygen atoms in total. The molecule has 0 fully saturated rings. The van der Waals surface area contributed by atoms with E-state index in [0.29, 0.717) is 24.5 Å². The maximum Gasteiger partial charge on any atom is 0.227 e. The lowest BCUT2D eigenvalue weighted by molar-refractivity contribution is -0.116. The van der Waals surface area contributed by atoms with Crippen LogP contribution in [0.4, 0.5) is 11.5 Å². The minimum Gasteiger partial charge on any atom is -0.384 e. The summed E-state index contributed by atoms with van der Waals surface area (Å²) in [7, 11) is 0. The van der Waals surface area contributed by atoms with Crippen molar-refractivity contribution in [3.63, 3.8) is 0 Å². The third-order valence-corrected chi connectivity index (χ3v) is 3.17. The maximum absolute atomic E-state index is 11.7. The van der Waals surface area contributed by atoms with Crippen LogP contribution in [-0.4, -0.2) is 17.6 Å². The summed E-state index contributed by atoms with van der Waals surface area (Å²) < 4.78 is 4.89. The highest BCUT2D eigenvalue weighted by Crippen LogP contribution is 2.17. The van der Waals surface area contributed by atoms with Gasteiger partial charge in [0.2, 0.25) is 5.91 Å². The summed E-state index contributed by atoms with van der Waals surface area (Å²) in [6.07, 6.45) is 0.374. The summed E-state index contributed by atoms with van der Waals surface area (Å²) in [6, 6.07) is 7.78. The Hall–Kier alpha value is -2.30. The first-order chi connectivity index (χ1) is 9.56. The Morgan fingerprint density at radius 2 is 2.10 bits per heavy atom. The van der Waals surface area contributed by atoms with Gasteiger partial charge in [0.15, 0.2) is 5.82 Å². The molecule has 1 heterocycles. The predicted octanol–water partition coefficient (Wildman–Crippen LogP) is 3.04. The summed E-state index contributed by atoms with van der Waals surface area (Å²) >= 11 is 0. The van der Waals surface area contributed by atoms with Crippen LogP contribution >= 0.6 is 0 Å². The van der Waals surface area contributed by atoms with Gasteiger partial charge in [0.1, 0.15) is 5.76 Å². The normalized spacial score (nSPS) is 10.3. The van der Waals surface area contributed by atoms with Gasteiger partial charge in [-0.25, -0.2) is 0 Å². The van der Waals surface area contributed by atoms with E-state index < -0.39 is 0 Å². The van der Waals surface area contributed by atoms with E-state index in [4.69, 9.17) is 4.52 Å². The number of aryl methyl sites for hydroxylation is 2. The number of anilines is 2. The molecular formula is C15H19N3O2. The molecule has 106 valence electrons. The van der Waals surface area contributed by atoms with Gasteiger partial charge in [-0.05, 0) is 38.0 Å². The molecule has 0 aliphatic carbocycles. The van der Waals surface area contributed by atoms with Gasteiger partial charge >= 0.3 is 0 Å². The first kappa shape index (κ1) is 14.1. The standard InChI is InChI=1S/C15H19N3O2/c1-10-5-4-6-13(12(10)3)16-8-7-15(19)17-14-9-11(2)20-18-14/h4-6,9,16H,7-8H2,1-3H3,(H,17,18,19). The van der Waals surface area contributed by atoms with Crippen LogP contribution in [0.25, 0.3) is 0 Å². The van der Waals surface area contributed by atoms with Crippen LogP contribution in [0.15, 0.2) is 28.8 Å². The Kier molecular flexibility index (Phi) is 4.40. The van der Waals surface area contributed by atoms with E-state index in [0.717, 1.165) is 5.69 Å². The van der Waals surface area contributed by atoms with Crippen molar-refractivity contribution in [1.29, 1.82) is 0 Å². The van der Waals surface area contributed by atoms with Crippen molar-refractivity contribution in [3.8, 4) is 0 Å². The Morgan fingerprint density at radius 3 is 2.80 bits per heavy atom. The van der Waals surface area contributed by atoms with E-state index in [1.54, 1.807) is 13.0 Å². The number of nitrogens with one attached hydrogen (secondary N) is 2. The molecule has 5 heteroatoms. The molecule has 2 rings (SSSR count). The summed E-state index contributed by atoms with van der Waals surface area (Å²) in [6.45, 7) is 6.49. The fourth-order valence-corrected chi connectivity index (χ4v) is 1.88. The molecule has 1 aromatic heterocycles. The number of nitrogens with zero attached hydrogens (tertiary/aromatic N) is 1. The van der Waals surface area contributed by atoms with Crippen molar-refractivity contribution in [1.82, 2.24) is 5.16 Å². The van der Waals surface area contributed by atoms with Gasteiger partial charge in [0.25, 0.3) is 0 Å². The van der Waals surface area contributed by atoms with Gasteiger partial charge in [0.05, 0.1) is 0 Å². The molecule has 20 heavy (non-hydrogen) atoms. The van der Waals surface area contributed by atoms with Crippen LogP contribution in [0.5, 0.6) is 0 Å². The Morgan fingerprint density at radius 1 is 1.30 bits per heavy atom. The minimum absolute atomic E-state index is 0.0869. The monoisotopic (exact) mass is 273 g/mol. The van der Waals surface area contributed by atoms with E-state index in [1.807, 2.05) is 12.1 Å². The van der Waals surface area contributed by atoms with Crippen LogP contribution in [0, 0.1) is 20.8 Å². The van der Waals surface area contributed by atoms with Crippen molar-refractivity contribution in [2.24, 2.45) is 0 Å². The van der Waals surface area contributed by atoms with E-state index in [2.05, 4.69) is 35.7 Å². The first-order valence-corrected chi connectivity index (χ1v) is 6.59.